The van der Waals surface area contributed by atoms with Crippen molar-refractivity contribution in [1.82, 2.24) is 0 Å². The summed E-state index contributed by atoms with van der Waals surface area (Å²) in [5.74, 6) is -1.47. The standard InChI is InChI=1S/C13H9F3N2O5S/c14-8-5-6-12(10(7-8)18(19)20)24(21,22)17-9-3-1-2-4-11(9)23-13(15)16/h1-7,13,17H. The number of nitrogens with zero attached hydrogens (tertiary/aromatic N) is 1. The molecule has 0 heterocycles. The number of anilines is 1. The third-order valence-electron chi connectivity index (χ3n) is 2.75. The maximum atomic E-state index is 13.1. The van der Waals surface area contributed by atoms with Crippen molar-refractivity contribution in [3.8, 4) is 5.75 Å². The molecule has 0 saturated heterocycles. The monoisotopic (exact) mass is 362 g/mol. The third-order valence-corrected chi connectivity index (χ3v) is 4.17. The second kappa shape index (κ2) is 6.74. The normalized spacial score (nSPS) is 11.3. The molecule has 2 aromatic carbocycles. The predicted octanol–water partition coefficient (Wildman–Crippen LogP) is 3.14. The Kier molecular flexibility index (Phi) is 4.93. The van der Waals surface area contributed by atoms with Gasteiger partial charge in [0.2, 0.25) is 0 Å². The maximum Gasteiger partial charge on any atom is 0.387 e. The van der Waals surface area contributed by atoms with Crippen LogP contribution in [0.3, 0.4) is 0 Å². The summed E-state index contributed by atoms with van der Waals surface area (Å²) in [5.41, 5.74) is -1.34. The highest BCUT2D eigenvalue weighted by atomic mass is 32.2. The lowest BCUT2D eigenvalue weighted by molar-refractivity contribution is -0.388. The first-order valence-electron chi connectivity index (χ1n) is 6.21. The van der Waals surface area contributed by atoms with Crippen molar-refractivity contribution in [2.45, 2.75) is 11.5 Å². The van der Waals surface area contributed by atoms with E-state index in [0.29, 0.717) is 12.1 Å². The van der Waals surface area contributed by atoms with Gasteiger partial charge in [0.1, 0.15) is 11.6 Å². The Morgan fingerprint density at radius 2 is 1.83 bits per heavy atom. The number of para-hydroxylation sites is 2. The van der Waals surface area contributed by atoms with Crippen molar-refractivity contribution < 1.29 is 31.2 Å². The van der Waals surface area contributed by atoms with Crippen LogP contribution in [0, 0.1) is 15.9 Å². The van der Waals surface area contributed by atoms with E-state index in [0.717, 1.165) is 18.2 Å². The van der Waals surface area contributed by atoms with E-state index in [2.05, 4.69) is 4.74 Å². The molecule has 0 fully saturated rings. The van der Waals surface area contributed by atoms with E-state index < -0.39 is 43.7 Å². The van der Waals surface area contributed by atoms with Crippen LogP contribution in [0.1, 0.15) is 0 Å². The SMILES string of the molecule is O=[N+]([O-])c1cc(F)ccc1S(=O)(=O)Nc1ccccc1OC(F)F. The predicted molar refractivity (Wildman–Crippen MR) is 76.9 cm³/mol. The summed E-state index contributed by atoms with van der Waals surface area (Å²) in [6.07, 6.45) is 0. The first-order chi connectivity index (χ1) is 11.2. The molecule has 0 aromatic heterocycles. The minimum atomic E-state index is -4.55. The summed E-state index contributed by atoms with van der Waals surface area (Å²) in [7, 11) is -4.55. The van der Waals surface area contributed by atoms with E-state index in [1.54, 1.807) is 0 Å². The highest BCUT2D eigenvalue weighted by Gasteiger charge is 2.27. The van der Waals surface area contributed by atoms with Crippen LogP contribution in [0.5, 0.6) is 5.75 Å². The summed E-state index contributed by atoms with van der Waals surface area (Å²) < 4.78 is 68.5. The van der Waals surface area contributed by atoms with Crippen LogP contribution in [-0.2, 0) is 10.0 Å². The van der Waals surface area contributed by atoms with Crippen molar-refractivity contribution in [1.29, 1.82) is 0 Å². The second-order valence-electron chi connectivity index (χ2n) is 4.35. The fourth-order valence-electron chi connectivity index (χ4n) is 1.81. The van der Waals surface area contributed by atoms with Crippen molar-refractivity contribution in [3.63, 3.8) is 0 Å². The van der Waals surface area contributed by atoms with E-state index in [4.69, 9.17) is 0 Å². The molecule has 0 spiro atoms. The Morgan fingerprint density at radius 3 is 2.46 bits per heavy atom. The minimum Gasteiger partial charge on any atom is -0.433 e. The number of hydrogen-bond acceptors (Lipinski definition) is 5. The van der Waals surface area contributed by atoms with Crippen LogP contribution in [-0.4, -0.2) is 20.0 Å². The first kappa shape index (κ1) is 17.5. The van der Waals surface area contributed by atoms with E-state index in [1.807, 2.05) is 4.72 Å². The Balaban J connectivity index is 2.46. The van der Waals surface area contributed by atoms with Gasteiger partial charge < -0.3 is 4.74 Å². The quantitative estimate of drug-likeness (QED) is 0.629. The fraction of sp³-hybridized carbons (Fsp3) is 0.0769. The van der Waals surface area contributed by atoms with Gasteiger partial charge in [-0.2, -0.15) is 8.78 Å². The number of sulfonamides is 1. The van der Waals surface area contributed by atoms with Gasteiger partial charge in [-0.3, -0.25) is 14.8 Å². The number of halogens is 3. The first-order valence-corrected chi connectivity index (χ1v) is 7.69. The van der Waals surface area contributed by atoms with Gasteiger partial charge in [0.15, 0.2) is 4.90 Å². The molecular weight excluding hydrogens is 353 g/mol. The molecule has 24 heavy (non-hydrogen) atoms. The van der Waals surface area contributed by atoms with Crippen LogP contribution in [0.25, 0.3) is 0 Å². The molecule has 1 N–H and O–H groups in total. The van der Waals surface area contributed by atoms with Crippen LogP contribution in [0.15, 0.2) is 47.4 Å². The van der Waals surface area contributed by atoms with Gasteiger partial charge in [-0.1, -0.05) is 12.1 Å². The molecule has 11 heteroatoms. The third kappa shape index (κ3) is 3.93. The Hall–Kier alpha value is -2.82. The lowest BCUT2D eigenvalue weighted by Gasteiger charge is -2.13. The summed E-state index contributed by atoms with van der Waals surface area (Å²) in [4.78, 5) is 9.02. The number of rotatable bonds is 6. The molecule has 128 valence electrons. The molecular formula is C13H9F3N2O5S. The Bertz CT molecular complexity index is 874. The fourth-order valence-corrected chi connectivity index (χ4v) is 3.03. The number of alkyl halides is 2. The number of nitrogens with one attached hydrogen (secondary N) is 1. The number of nitro groups is 1. The lowest BCUT2D eigenvalue weighted by Crippen LogP contribution is -2.16. The Labute approximate surface area is 133 Å². The molecule has 0 aliphatic heterocycles. The van der Waals surface area contributed by atoms with Crippen molar-refractivity contribution in [2.24, 2.45) is 0 Å². The Morgan fingerprint density at radius 1 is 1.17 bits per heavy atom. The van der Waals surface area contributed by atoms with E-state index in [9.17, 15) is 31.7 Å². The molecule has 0 bridgehead atoms. The summed E-state index contributed by atoms with van der Waals surface area (Å²) in [6, 6.07) is 6.75. The zero-order valence-electron chi connectivity index (χ0n) is 11.6. The molecule has 0 radical (unpaired) electrons. The molecule has 0 aliphatic rings. The molecule has 0 unspecified atom stereocenters. The highest BCUT2D eigenvalue weighted by Crippen LogP contribution is 2.31. The van der Waals surface area contributed by atoms with E-state index in [1.165, 1.54) is 12.1 Å². The van der Waals surface area contributed by atoms with Crippen LogP contribution < -0.4 is 9.46 Å². The molecule has 0 saturated carbocycles. The minimum absolute atomic E-state index is 0.351. The summed E-state index contributed by atoms with van der Waals surface area (Å²) in [5, 5.41) is 10.9. The average Bonchev–Trinajstić information content (AvgIpc) is 2.48. The molecule has 0 aliphatic carbocycles. The zero-order valence-corrected chi connectivity index (χ0v) is 12.5. The number of nitro benzene ring substituents is 1. The van der Waals surface area contributed by atoms with Gasteiger partial charge in [-0.25, -0.2) is 12.8 Å². The van der Waals surface area contributed by atoms with Gasteiger partial charge in [0.25, 0.3) is 15.7 Å². The smallest absolute Gasteiger partial charge is 0.387 e. The van der Waals surface area contributed by atoms with Crippen LogP contribution in [0.2, 0.25) is 0 Å². The molecule has 7 nitrogen and oxygen atoms in total. The zero-order chi connectivity index (χ0) is 17.9. The largest absolute Gasteiger partial charge is 0.433 e. The summed E-state index contributed by atoms with van der Waals surface area (Å²) in [6.45, 7) is -3.20. The van der Waals surface area contributed by atoms with Gasteiger partial charge >= 0.3 is 6.61 Å². The average molecular weight is 362 g/mol. The lowest BCUT2D eigenvalue weighted by atomic mass is 10.3. The van der Waals surface area contributed by atoms with Crippen molar-refractivity contribution in [2.75, 3.05) is 4.72 Å². The van der Waals surface area contributed by atoms with Gasteiger partial charge in [-0.15, -0.1) is 0 Å². The number of ether oxygens (including phenoxy) is 1. The van der Waals surface area contributed by atoms with E-state index >= 15 is 0 Å². The van der Waals surface area contributed by atoms with Gasteiger partial charge in [-0.05, 0) is 24.3 Å². The molecule has 2 aromatic rings. The van der Waals surface area contributed by atoms with E-state index in [-0.39, 0.29) is 5.69 Å². The molecule has 0 amide bonds. The highest BCUT2D eigenvalue weighted by molar-refractivity contribution is 7.92. The van der Waals surface area contributed by atoms with Crippen LogP contribution >= 0.6 is 0 Å². The molecule has 0 atom stereocenters. The van der Waals surface area contributed by atoms with Gasteiger partial charge in [0.05, 0.1) is 16.7 Å². The number of hydrogen-bond donors (Lipinski definition) is 1. The molecule has 2 rings (SSSR count). The topological polar surface area (TPSA) is 98.5 Å². The summed E-state index contributed by atoms with van der Waals surface area (Å²) >= 11 is 0. The van der Waals surface area contributed by atoms with Crippen molar-refractivity contribution in [3.05, 3.63) is 58.4 Å². The van der Waals surface area contributed by atoms with Crippen molar-refractivity contribution >= 4 is 21.4 Å². The van der Waals surface area contributed by atoms with Gasteiger partial charge in [0, 0.05) is 0 Å². The second-order valence-corrected chi connectivity index (χ2v) is 6.00. The maximum absolute atomic E-state index is 13.1. The number of benzene rings is 2. The van der Waals surface area contributed by atoms with Crippen LogP contribution in [0.4, 0.5) is 24.5 Å².